The van der Waals surface area contributed by atoms with Crippen molar-refractivity contribution < 1.29 is 56.5 Å². The SMILES string of the molecule is C.C1=CCC=C1.CC.CC.CCCCC(=O)OC.[CH2-]C.[CH2-]C.[Yb+2]. The number of rotatable bonds is 3. The Morgan fingerprint density at radius 2 is 1.35 bits per heavy atom. The van der Waals surface area contributed by atoms with E-state index in [-0.39, 0.29) is 60.3 Å². The molecule has 0 aromatic rings. The van der Waals surface area contributed by atoms with Gasteiger partial charge < -0.3 is 18.6 Å². The Morgan fingerprint density at radius 1 is 1.00 bits per heavy atom. The van der Waals surface area contributed by atoms with Crippen LogP contribution in [0.15, 0.2) is 24.3 Å². The first-order chi connectivity index (χ1) is 10.3. The molecule has 1 aliphatic rings. The van der Waals surface area contributed by atoms with E-state index in [1.165, 1.54) is 7.11 Å². The monoisotopic (exact) mass is 490 g/mol. The standard InChI is InChI=1S/C6H12O2.C5H6.2C2H6.2C2H5.CH4.Yb/c1-3-4-5-6(7)8-2;1-2-4-5-3-1;4*1-2;;/h3-5H2,1-2H3;1-4H,5H2;2*1-2H3;2*1H2,2H3;1H4;/q;;;;2*-1;;+2. The number of esters is 1. The summed E-state index contributed by atoms with van der Waals surface area (Å²) in [5.41, 5.74) is 0. The fourth-order valence-corrected chi connectivity index (χ4v) is 0.816. The molecule has 0 N–H and O–H groups in total. The van der Waals surface area contributed by atoms with Crippen molar-refractivity contribution in [3.63, 3.8) is 0 Å². The predicted molar refractivity (Wildman–Crippen MR) is 106 cm³/mol. The van der Waals surface area contributed by atoms with Crippen LogP contribution in [0.4, 0.5) is 0 Å². The first kappa shape index (κ1) is 43.7. The van der Waals surface area contributed by atoms with E-state index in [4.69, 9.17) is 0 Å². The van der Waals surface area contributed by atoms with Gasteiger partial charge in [-0.1, -0.05) is 72.8 Å². The van der Waals surface area contributed by atoms with Gasteiger partial charge in [-0.15, -0.1) is 0 Å². The summed E-state index contributed by atoms with van der Waals surface area (Å²) in [6, 6.07) is 0. The average Bonchev–Trinajstić information content (AvgIpc) is 3.19. The molecule has 0 heterocycles. The maximum absolute atomic E-state index is 10.3. The molecule has 0 aromatic heterocycles. The molecule has 0 radical (unpaired) electrons. The molecule has 0 bridgehead atoms. The van der Waals surface area contributed by atoms with Crippen molar-refractivity contribution in [2.75, 3.05) is 7.11 Å². The Bertz CT molecular complexity index is 178. The van der Waals surface area contributed by atoms with Crippen LogP contribution < -0.4 is 0 Å². The summed E-state index contributed by atoms with van der Waals surface area (Å²) in [6.45, 7) is 20.0. The van der Waals surface area contributed by atoms with E-state index in [1.807, 2.05) is 34.6 Å². The summed E-state index contributed by atoms with van der Waals surface area (Å²) in [5.74, 6) is -0.105. The van der Waals surface area contributed by atoms with Crippen LogP contribution in [0.5, 0.6) is 0 Å². The fraction of sp³-hybridized carbons (Fsp3) is 0.650. The summed E-state index contributed by atoms with van der Waals surface area (Å²) in [7, 11) is 1.41. The van der Waals surface area contributed by atoms with E-state index >= 15 is 0 Å². The van der Waals surface area contributed by atoms with Gasteiger partial charge in [0.15, 0.2) is 0 Å². The second-order valence-electron chi connectivity index (χ2n) is 2.77. The van der Waals surface area contributed by atoms with Gasteiger partial charge in [-0.2, -0.15) is 13.8 Å². The van der Waals surface area contributed by atoms with Crippen LogP contribution in [-0.2, 0) is 9.53 Å². The molecule has 1 aliphatic carbocycles. The van der Waals surface area contributed by atoms with Gasteiger partial charge in [0.2, 0.25) is 0 Å². The maximum atomic E-state index is 10.3. The van der Waals surface area contributed by atoms with Crippen molar-refractivity contribution >= 4 is 5.97 Å². The number of unbranched alkanes of at least 4 members (excludes halogenated alkanes) is 1. The number of allylic oxidation sites excluding steroid dienone is 4. The van der Waals surface area contributed by atoms with E-state index < -0.39 is 0 Å². The minimum Gasteiger partial charge on any atom is -0.469 e. The second-order valence-corrected chi connectivity index (χ2v) is 2.77. The van der Waals surface area contributed by atoms with Gasteiger partial charge in [-0.3, -0.25) is 4.79 Å². The minimum atomic E-state index is -0.105. The molecule has 1 rings (SSSR count). The van der Waals surface area contributed by atoms with Crippen molar-refractivity contribution in [1.82, 2.24) is 0 Å². The number of hydrogen-bond donors (Lipinski definition) is 0. The zero-order valence-corrected chi connectivity index (χ0v) is 17.9. The molecular formula is C20H44O2Yb. The average molecular weight is 490 g/mol. The quantitative estimate of drug-likeness (QED) is 0.309. The molecule has 2 nitrogen and oxygen atoms in total. The molecule has 0 amide bonds. The van der Waals surface area contributed by atoms with Gasteiger partial charge in [0, 0.05) is 6.42 Å². The summed E-state index contributed by atoms with van der Waals surface area (Å²) < 4.78 is 4.41. The molecule has 0 spiro atoms. The minimum absolute atomic E-state index is 0. The van der Waals surface area contributed by atoms with Crippen molar-refractivity contribution in [1.29, 1.82) is 0 Å². The first-order valence-electron chi connectivity index (χ1n) is 8.11. The topological polar surface area (TPSA) is 26.3 Å². The Morgan fingerprint density at radius 3 is 1.52 bits per heavy atom. The van der Waals surface area contributed by atoms with Gasteiger partial charge in [-0.25, -0.2) is 0 Å². The third kappa shape index (κ3) is 71.6. The molecule has 0 aliphatic heterocycles. The van der Waals surface area contributed by atoms with Gasteiger partial charge in [0.1, 0.15) is 0 Å². The van der Waals surface area contributed by atoms with Crippen LogP contribution in [0.25, 0.3) is 0 Å². The van der Waals surface area contributed by atoms with E-state index in [0.29, 0.717) is 6.42 Å². The molecule has 0 saturated heterocycles. The Balaban J connectivity index is -0.0000000299. The zero-order chi connectivity index (χ0) is 17.9. The van der Waals surface area contributed by atoms with Crippen LogP contribution in [0.2, 0.25) is 0 Å². The Labute approximate surface area is 187 Å². The molecule has 0 aromatic carbocycles. The van der Waals surface area contributed by atoms with Crippen LogP contribution in [0, 0.1) is 60.8 Å². The maximum Gasteiger partial charge on any atom is 2.00 e. The third-order valence-electron chi connectivity index (χ3n) is 1.62. The van der Waals surface area contributed by atoms with Gasteiger partial charge in [-0.05, 0) is 12.8 Å². The number of hydrogen-bond acceptors (Lipinski definition) is 2. The zero-order valence-electron chi connectivity index (χ0n) is 16.1. The van der Waals surface area contributed by atoms with Crippen molar-refractivity contribution in [3.8, 4) is 0 Å². The Kier molecular flexibility index (Phi) is 127. The van der Waals surface area contributed by atoms with Crippen molar-refractivity contribution in [2.45, 2.75) is 81.6 Å². The fourth-order valence-electron chi connectivity index (χ4n) is 0.816. The molecule has 0 unspecified atom stereocenters. The molecule has 0 fully saturated rings. The third-order valence-corrected chi connectivity index (χ3v) is 1.62. The van der Waals surface area contributed by atoms with Crippen LogP contribution in [0.3, 0.4) is 0 Å². The van der Waals surface area contributed by atoms with Crippen molar-refractivity contribution in [2.24, 2.45) is 0 Å². The molecule has 0 atom stereocenters. The van der Waals surface area contributed by atoms with Gasteiger partial charge in [0.25, 0.3) is 0 Å². The van der Waals surface area contributed by atoms with Crippen LogP contribution in [0.1, 0.15) is 81.6 Å². The van der Waals surface area contributed by atoms with E-state index in [0.717, 1.165) is 19.3 Å². The van der Waals surface area contributed by atoms with E-state index in [9.17, 15) is 4.79 Å². The summed E-state index contributed by atoms with van der Waals surface area (Å²) in [6.07, 6.45) is 12.1. The summed E-state index contributed by atoms with van der Waals surface area (Å²) >= 11 is 0. The largest absolute Gasteiger partial charge is 2.00 e. The van der Waals surface area contributed by atoms with Gasteiger partial charge >= 0.3 is 52.9 Å². The Hall–Kier alpha value is 0.469. The molecule has 3 heteroatoms. The van der Waals surface area contributed by atoms with Crippen molar-refractivity contribution in [3.05, 3.63) is 38.2 Å². The summed E-state index contributed by atoms with van der Waals surface area (Å²) in [4.78, 5) is 10.3. The first-order valence-corrected chi connectivity index (χ1v) is 8.11. The predicted octanol–water partition coefficient (Wildman–Crippen LogP) is 7.22. The summed E-state index contributed by atoms with van der Waals surface area (Å²) in [5, 5.41) is 0. The number of methoxy groups -OCH3 is 1. The molecular weight excluding hydrogens is 445 g/mol. The van der Waals surface area contributed by atoms with Gasteiger partial charge in [0.05, 0.1) is 7.11 Å². The van der Waals surface area contributed by atoms with Crippen LogP contribution in [-0.4, -0.2) is 13.1 Å². The van der Waals surface area contributed by atoms with E-state index in [1.54, 1.807) is 13.8 Å². The second kappa shape index (κ2) is 66.6. The molecule has 0 saturated carbocycles. The number of ether oxygens (including phenoxy) is 1. The number of carbonyl (C=O) groups is 1. The van der Waals surface area contributed by atoms with Crippen LogP contribution >= 0.6 is 0 Å². The van der Waals surface area contributed by atoms with E-state index in [2.05, 4.69) is 42.9 Å². The molecule has 150 valence electrons. The smallest absolute Gasteiger partial charge is 0.469 e. The number of carbonyl (C=O) groups excluding carboxylic acids is 1. The molecule has 23 heavy (non-hydrogen) atoms. The normalized spacial score (nSPS) is 7.91.